The van der Waals surface area contributed by atoms with Crippen LogP contribution in [-0.2, 0) is 19.0 Å². The fraction of sp³-hybridized carbons (Fsp3) is 0.444. The van der Waals surface area contributed by atoms with E-state index in [2.05, 4.69) is 0 Å². The van der Waals surface area contributed by atoms with Gasteiger partial charge in [0.1, 0.15) is 23.2 Å². The topological polar surface area (TPSA) is 206 Å². The Morgan fingerprint density at radius 2 is 1.72 bits per heavy atom. The summed E-state index contributed by atoms with van der Waals surface area (Å²) in [7, 11) is 1.08. The van der Waals surface area contributed by atoms with E-state index in [4.69, 9.17) is 19.9 Å². The van der Waals surface area contributed by atoms with Crippen molar-refractivity contribution in [3.8, 4) is 17.2 Å². The monoisotopic (exact) mass is 543 g/mol. The van der Waals surface area contributed by atoms with Crippen LogP contribution in [0.1, 0.15) is 81.7 Å². The molecule has 0 saturated carbocycles. The van der Waals surface area contributed by atoms with Gasteiger partial charge in [-0.05, 0) is 19.9 Å². The van der Waals surface area contributed by atoms with Crippen molar-refractivity contribution in [1.82, 2.24) is 0 Å². The zero-order valence-electron chi connectivity index (χ0n) is 21.4. The van der Waals surface area contributed by atoms with Gasteiger partial charge >= 0.3 is 5.97 Å². The zero-order valence-corrected chi connectivity index (χ0v) is 21.4. The Kier molecular flexibility index (Phi) is 6.43. The summed E-state index contributed by atoms with van der Waals surface area (Å²) >= 11 is 0. The molecule has 1 aliphatic heterocycles. The molecular weight excluding hydrogens is 514 g/mol. The normalized spacial score (nSPS) is 31.7. The van der Waals surface area contributed by atoms with E-state index in [1.807, 2.05) is 0 Å². The summed E-state index contributed by atoms with van der Waals surface area (Å²) in [5.41, 5.74) is 1.84. The van der Waals surface area contributed by atoms with Crippen LogP contribution in [0, 0.1) is 0 Å². The summed E-state index contributed by atoms with van der Waals surface area (Å²) in [6, 6.07) is 3.13. The second-order valence-electron chi connectivity index (χ2n) is 10.4. The summed E-state index contributed by atoms with van der Waals surface area (Å²) in [5, 5.41) is 54.9. The fourth-order valence-corrected chi connectivity index (χ4v) is 5.92. The maximum Gasteiger partial charge on any atom is 0.316 e. The van der Waals surface area contributed by atoms with Gasteiger partial charge in [0.15, 0.2) is 12.1 Å². The number of carbonyl (C=O) groups is 3. The SMILES string of the molecule is COC(=O)[C@@H]1c2c(O)c3c(c(O)c2[C@@H](O[C@@H]2C[C@H](N)[C@@H](O)[C@@H](C)O2)C[C@@]1(C)O)C(=O)c1c(O)cccc1C3=O. The zero-order chi connectivity index (χ0) is 28.5. The van der Waals surface area contributed by atoms with Gasteiger partial charge in [0.05, 0.1) is 47.7 Å². The van der Waals surface area contributed by atoms with Crippen molar-refractivity contribution < 1.29 is 54.1 Å². The molecule has 2 aliphatic carbocycles. The first-order valence-corrected chi connectivity index (χ1v) is 12.4. The lowest BCUT2D eigenvalue weighted by Crippen LogP contribution is -2.52. The molecule has 1 heterocycles. The van der Waals surface area contributed by atoms with E-state index >= 15 is 0 Å². The average Bonchev–Trinajstić information content (AvgIpc) is 2.86. The van der Waals surface area contributed by atoms with Crippen LogP contribution >= 0.6 is 0 Å². The number of phenols is 3. The van der Waals surface area contributed by atoms with Gasteiger partial charge in [0, 0.05) is 35.6 Å². The minimum absolute atomic E-state index is 0.0380. The molecule has 0 aromatic heterocycles. The van der Waals surface area contributed by atoms with Crippen molar-refractivity contribution in [2.45, 2.75) is 68.9 Å². The van der Waals surface area contributed by atoms with Gasteiger partial charge in [-0.2, -0.15) is 0 Å². The summed E-state index contributed by atoms with van der Waals surface area (Å²) in [4.78, 5) is 39.9. The second kappa shape index (κ2) is 9.28. The lowest BCUT2D eigenvalue weighted by Gasteiger charge is -2.44. The Morgan fingerprint density at radius 3 is 2.36 bits per heavy atom. The van der Waals surface area contributed by atoms with Gasteiger partial charge in [-0.3, -0.25) is 14.4 Å². The van der Waals surface area contributed by atoms with Crippen LogP contribution in [0.3, 0.4) is 0 Å². The number of fused-ring (bicyclic) bond motifs is 3. The molecule has 208 valence electrons. The number of phenolic OH excluding ortho intramolecular Hbond substituents is 3. The molecule has 39 heavy (non-hydrogen) atoms. The number of rotatable bonds is 3. The molecule has 1 fully saturated rings. The maximum atomic E-state index is 13.5. The highest BCUT2D eigenvalue weighted by Gasteiger charge is 2.53. The summed E-state index contributed by atoms with van der Waals surface area (Å²) in [6.07, 6.45) is -4.25. The molecule has 0 bridgehead atoms. The van der Waals surface area contributed by atoms with Gasteiger partial charge in [-0.25, -0.2) is 0 Å². The first kappa shape index (κ1) is 27.0. The number of carbonyl (C=O) groups excluding carboxylic acids is 3. The molecule has 12 heteroatoms. The van der Waals surface area contributed by atoms with Crippen molar-refractivity contribution in [3.63, 3.8) is 0 Å². The molecular formula is C27H29NO11. The highest BCUT2D eigenvalue weighted by Crippen LogP contribution is 2.56. The third kappa shape index (κ3) is 3.98. The molecule has 2 aromatic carbocycles. The Labute approximate surface area is 222 Å². The Balaban J connectivity index is 1.74. The lowest BCUT2D eigenvalue weighted by atomic mass is 9.68. The van der Waals surface area contributed by atoms with Crippen molar-refractivity contribution in [2.75, 3.05) is 7.11 Å². The maximum absolute atomic E-state index is 13.5. The number of ether oxygens (including phenoxy) is 3. The minimum Gasteiger partial charge on any atom is -0.507 e. The van der Waals surface area contributed by atoms with Crippen molar-refractivity contribution in [3.05, 3.63) is 51.6 Å². The lowest BCUT2D eigenvalue weighted by molar-refractivity contribution is -0.248. The molecule has 0 unspecified atom stereocenters. The molecule has 7 atom stereocenters. The third-order valence-corrected chi connectivity index (χ3v) is 7.83. The van der Waals surface area contributed by atoms with E-state index in [0.29, 0.717) is 0 Å². The number of hydrogen-bond donors (Lipinski definition) is 6. The Hall–Kier alpha value is -3.55. The second-order valence-corrected chi connectivity index (χ2v) is 10.4. The van der Waals surface area contributed by atoms with E-state index < -0.39 is 88.1 Å². The van der Waals surface area contributed by atoms with E-state index in [0.717, 1.165) is 7.11 Å². The van der Waals surface area contributed by atoms with Crippen LogP contribution in [0.5, 0.6) is 17.2 Å². The van der Waals surface area contributed by atoms with E-state index in [1.54, 1.807) is 6.92 Å². The number of aromatic hydroxyl groups is 3. The van der Waals surface area contributed by atoms with Crippen molar-refractivity contribution in [1.29, 1.82) is 0 Å². The van der Waals surface area contributed by atoms with E-state index in [9.17, 15) is 39.9 Å². The number of methoxy groups -OCH3 is 1. The highest BCUT2D eigenvalue weighted by atomic mass is 16.7. The number of nitrogens with two attached hydrogens (primary N) is 1. The third-order valence-electron chi connectivity index (χ3n) is 7.83. The van der Waals surface area contributed by atoms with Crippen LogP contribution in [0.25, 0.3) is 0 Å². The number of esters is 1. The molecule has 5 rings (SSSR count). The van der Waals surface area contributed by atoms with Crippen molar-refractivity contribution in [2.24, 2.45) is 5.73 Å². The largest absolute Gasteiger partial charge is 0.507 e. The number of hydrogen-bond acceptors (Lipinski definition) is 12. The molecule has 7 N–H and O–H groups in total. The predicted molar refractivity (Wildman–Crippen MR) is 132 cm³/mol. The molecule has 0 amide bonds. The van der Waals surface area contributed by atoms with Crippen LogP contribution < -0.4 is 5.73 Å². The minimum atomic E-state index is -1.91. The molecule has 3 aliphatic rings. The summed E-state index contributed by atoms with van der Waals surface area (Å²) in [5.74, 6) is -6.39. The molecule has 2 aromatic rings. The van der Waals surface area contributed by atoms with Gasteiger partial charge in [0.25, 0.3) is 0 Å². The van der Waals surface area contributed by atoms with E-state index in [1.165, 1.54) is 25.1 Å². The van der Waals surface area contributed by atoms with Gasteiger partial charge in [-0.15, -0.1) is 0 Å². The highest BCUT2D eigenvalue weighted by molar-refractivity contribution is 6.31. The van der Waals surface area contributed by atoms with Gasteiger partial charge in [-0.1, -0.05) is 12.1 Å². The first-order chi connectivity index (χ1) is 18.3. The van der Waals surface area contributed by atoms with Gasteiger partial charge < -0.3 is 45.5 Å². The predicted octanol–water partition coefficient (Wildman–Crippen LogP) is 0.871. The number of aliphatic hydroxyl groups is 2. The van der Waals surface area contributed by atoms with E-state index in [-0.39, 0.29) is 35.1 Å². The van der Waals surface area contributed by atoms with Gasteiger partial charge in [0.2, 0.25) is 5.78 Å². The van der Waals surface area contributed by atoms with Crippen LogP contribution in [-0.4, -0.2) is 80.3 Å². The molecule has 0 radical (unpaired) electrons. The number of ketones is 2. The summed E-state index contributed by atoms with van der Waals surface area (Å²) in [6.45, 7) is 2.90. The summed E-state index contributed by atoms with van der Waals surface area (Å²) < 4.78 is 16.7. The average molecular weight is 544 g/mol. The fourth-order valence-electron chi connectivity index (χ4n) is 5.92. The van der Waals surface area contributed by atoms with Crippen LogP contribution in [0.4, 0.5) is 0 Å². The number of benzene rings is 2. The quantitative estimate of drug-likeness (QED) is 0.201. The smallest absolute Gasteiger partial charge is 0.316 e. The van der Waals surface area contributed by atoms with Crippen LogP contribution in [0.15, 0.2) is 18.2 Å². The number of aliphatic hydroxyl groups excluding tert-OH is 1. The first-order valence-electron chi connectivity index (χ1n) is 12.4. The Morgan fingerprint density at radius 1 is 1.08 bits per heavy atom. The van der Waals surface area contributed by atoms with Crippen molar-refractivity contribution >= 4 is 17.5 Å². The molecule has 12 nitrogen and oxygen atoms in total. The van der Waals surface area contributed by atoms with Crippen LogP contribution in [0.2, 0.25) is 0 Å². The molecule has 0 spiro atoms. The standard InChI is InChI=1S/C27H29NO11/c1-9-21(30)11(28)7-14(38-9)39-13-8-27(2,36)20(26(35)37-3)17-16(13)24(33)19-18(25(17)34)22(31)10-5-4-6-12(29)15(10)23(19)32/h4-6,9,11,13-14,20-21,29-30,33-34,36H,7-8,28H2,1-3H3/t9-,11+,13+,14-,20+,21+,27-/m1/s1. The Bertz CT molecular complexity index is 1390. The molecule has 1 saturated heterocycles.